The number of fused-ring (bicyclic) bond motifs is 3. The van der Waals surface area contributed by atoms with Crippen LogP contribution in [-0.2, 0) is 6.18 Å². The van der Waals surface area contributed by atoms with Gasteiger partial charge in [-0.2, -0.15) is 22.9 Å². The quantitative estimate of drug-likeness (QED) is 0.645. The van der Waals surface area contributed by atoms with Crippen molar-refractivity contribution in [2.24, 2.45) is 0 Å². The summed E-state index contributed by atoms with van der Waals surface area (Å²) in [6.07, 6.45) is -4.59. The van der Waals surface area contributed by atoms with E-state index in [1.807, 2.05) is 11.9 Å². The van der Waals surface area contributed by atoms with Crippen molar-refractivity contribution in [2.45, 2.75) is 6.18 Å². The van der Waals surface area contributed by atoms with Gasteiger partial charge in [-0.1, -0.05) is 0 Å². The first kappa shape index (κ1) is 16.5. The lowest BCUT2D eigenvalue weighted by atomic mass is 10.1. The average molecular weight is 362 g/mol. The van der Waals surface area contributed by atoms with Gasteiger partial charge in [0.2, 0.25) is 5.65 Å². The zero-order chi connectivity index (χ0) is 18.5. The third-order valence-corrected chi connectivity index (χ3v) is 4.46. The molecular formula is C15H13F3N8. The van der Waals surface area contributed by atoms with Gasteiger partial charge in [-0.15, -0.1) is 5.10 Å². The van der Waals surface area contributed by atoms with E-state index in [0.29, 0.717) is 18.9 Å². The molecule has 0 unspecified atom stereocenters. The largest absolute Gasteiger partial charge is 0.416 e. The van der Waals surface area contributed by atoms with E-state index in [9.17, 15) is 18.4 Å². The molecule has 26 heavy (non-hydrogen) atoms. The molecule has 0 spiro atoms. The molecule has 4 rings (SSSR count). The van der Waals surface area contributed by atoms with E-state index in [-0.39, 0.29) is 22.2 Å². The number of likely N-dealkylation sites (N-methyl/N-ethyl adjacent to an activating group) is 1. The molecule has 1 fully saturated rings. The Labute approximate surface area is 145 Å². The van der Waals surface area contributed by atoms with Gasteiger partial charge < -0.3 is 9.80 Å². The highest BCUT2D eigenvalue weighted by Gasteiger charge is 2.33. The number of halogens is 3. The molecule has 2 aromatic heterocycles. The summed E-state index contributed by atoms with van der Waals surface area (Å²) < 4.78 is 40.7. The summed E-state index contributed by atoms with van der Waals surface area (Å²) in [6.45, 7) is 2.98. The minimum absolute atomic E-state index is 0.0502. The van der Waals surface area contributed by atoms with Crippen LogP contribution in [0.2, 0.25) is 0 Å². The maximum atomic E-state index is 13.2. The normalized spacial score (nSPS) is 16.3. The molecule has 1 saturated heterocycles. The van der Waals surface area contributed by atoms with Gasteiger partial charge >= 0.3 is 6.18 Å². The molecule has 0 amide bonds. The molecule has 0 radical (unpaired) electrons. The SMILES string of the molecule is CN1CCN(c2nc3c(C#N)cc(C(F)(F)F)cc3n3nnnc23)CC1. The molecule has 3 heterocycles. The van der Waals surface area contributed by atoms with Crippen molar-refractivity contribution in [2.75, 3.05) is 38.1 Å². The summed E-state index contributed by atoms with van der Waals surface area (Å²) in [4.78, 5) is 8.61. The number of anilines is 1. The average Bonchev–Trinajstić information content (AvgIpc) is 3.10. The van der Waals surface area contributed by atoms with Crippen LogP contribution in [0.1, 0.15) is 11.1 Å². The van der Waals surface area contributed by atoms with E-state index in [4.69, 9.17) is 0 Å². The number of nitrogens with zero attached hydrogens (tertiary/aromatic N) is 8. The second-order valence-corrected chi connectivity index (χ2v) is 6.14. The van der Waals surface area contributed by atoms with Crippen LogP contribution in [0.4, 0.5) is 19.0 Å². The summed E-state index contributed by atoms with van der Waals surface area (Å²) in [5.41, 5.74) is -0.635. The monoisotopic (exact) mass is 362 g/mol. The molecule has 11 heteroatoms. The number of aromatic nitrogens is 5. The van der Waals surface area contributed by atoms with E-state index < -0.39 is 11.7 Å². The van der Waals surface area contributed by atoms with Crippen LogP contribution >= 0.6 is 0 Å². The van der Waals surface area contributed by atoms with Gasteiger partial charge in [-0.05, 0) is 29.6 Å². The number of piperazine rings is 1. The highest BCUT2D eigenvalue weighted by atomic mass is 19.4. The van der Waals surface area contributed by atoms with Crippen LogP contribution in [0.3, 0.4) is 0 Å². The molecule has 1 aliphatic heterocycles. The van der Waals surface area contributed by atoms with Crippen LogP contribution in [0, 0.1) is 11.3 Å². The molecule has 0 atom stereocenters. The Morgan fingerprint density at radius 2 is 1.88 bits per heavy atom. The zero-order valence-corrected chi connectivity index (χ0v) is 13.7. The summed E-state index contributed by atoms with van der Waals surface area (Å²) in [5.74, 6) is 0.465. The number of tetrazole rings is 1. The highest BCUT2D eigenvalue weighted by Crippen LogP contribution is 2.34. The Hall–Kier alpha value is -3.00. The Morgan fingerprint density at radius 1 is 1.15 bits per heavy atom. The van der Waals surface area contributed by atoms with Gasteiger partial charge in [-0.25, -0.2) is 4.98 Å². The van der Waals surface area contributed by atoms with Gasteiger partial charge in [0.15, 0.2) is 5.82 Å². The molecule has 0 saturated carbocycles. The van der Waals surface area contributed by atoms with Gasteiger partial charge in [0.05, 0.1) is 16.6 Å². The van der Waals surface area contributed by atoms with E-state index in [1.54, 1.807) is 6.07 Å². The third-order valence-electron chi connectivity index (χ3n) is 4.46. The van der Waals surface area contributed by atoms with Crippen molar-refractivity contribution in [3.05, 3.63) is 23.3 Å². The van der Waals surface area contributed by atoms with Crippen LogP contribution in [0.5, 0.6) is 0 Å². The minimum Gasteiger partial charge on any atom is -0.351 e. The Morgan fingerprint density at radius 3 is 2.54 bits per heavy atom. The van der Waals surface area contributed by atoms with Crippen molar-refractivity contribution in [1.29, 1.82) is 5.26 Å². The zero-order valence-electron chi connectivity index (χ0n) is 13.7. The number of rotatable bonds is 1. The molecule has 0 bridgehead atoms. The first-order valence-corrected chi connectivity index (χ1v) is 7.85. The predicted octanol–water partition coefficient (Wildman–Crippen LogP) is 1.31. The third kappa shape index (κ3) is 2.59. The lowest BCUT2D eigenvalue weighted by Crippen LogP contribution is -2.45. The lowest BCUT2D eigenvalue weighted by Gasteiger charge is -2.33. The number of benzene rings is 1. The minimum atomic E-state index is -4.59. The number of alkyl halides is 3. The van der Waals surface area contributed by atoms with Gasteiger partial charge in [0.25, 0.3) is 0 Å². The second kappa shape index (κ2) is 5.77. The highest BCUT2D eigenvalue weighted by molar-refractivity contribution is 5.87. The maximum Gasteiger partial charge on any atom is 0.416 e. The van der Waals surface area contributed by atoms with Gasteiger partial charge in [0.1, 0.15) is 11.6 Å². The summed E-state index contributed by atoms with van der Waals surface area (Å²) in [7, 11) is 2.01. The molecule has 8 nitrogen and oxygen atoms in total. The lowest BCUT2D eigenvalue weighted by molar-refractivity contribution is -0.137. The molecule has 1 aromatic carbocycles. The van der Waals surface area contributed by atoms with Gasteiger partial charge in [-0.3, -0.25) is 0 Å². The van der Waals surface area contributed by atoms with Crippen LogP contribution < -0.4 is 4.90 Å². The fourth-order valence-electron chi connectivity index (χ4n) is 3.02. The fourth-order valence-corrected chi connectivity index (χ4v) is 3.02. The van der Waals surface area contributed by atoms with Crippen molar-refractivity contribution in [3.63, 3.8) is 0 Å². The van der Waals surface area contributed by atoms with E-state index in [0.717, 1.165) is 25.2 Å². The van der Waals surface area contributed by atoms with Gasteiger partial charge in [0, 0.05) is 26.2 Å². The number of nitriles is 1. The topological polar surface area (TPSA) is 86.2 Å². The molecule has 0 aliphatic carbocycles. The molecule has 0 N–H and O–H groups in total. The predicted molar refractivity (Wildman–Crippen MR) is 85.5 cm³/mol. The standard InChI is InChI=1S/C15H13F3N8/c1-24-2-4-25(5-3-24)13-14-21-22-23-26(14)11-7-10(15(16,17)18)6-9(8-19)12(11)20-13/h6-7H,2-5H2,1H3. The molecule has 1 aliphatic rings. The molecule has 134 valence electrons. The summed E-state index contributed by atoms with van der Waals surface area (Å²) >= 11 is 0. The van der Waals surface area contributed by atoms with Crippen molar-refractivity contribution in [1.82, 2.24) is 29.9 Å². The first-order chi connectivity index (χ1) is 12.4. The smallest absolute Gasteiger partial charge is 0.351 e. The van der Waals surface area contributed by atoms with Crippen LogP contribution in [-0.4, -0.2) is 63.2 Å². The summed E-state index contributed by atoms with van der Waals surface area (Å²) in [6, 6.07) is 3.53. The first-order valence-electron chi connectivity index (χ1n) is 7.85. The van der Waals surface area contributed by atoms with Crippen LogP contribution in [0.15, 0.2) is 12.1 Å². The van der Waals surface area contributed by atoms with Crippen LogP contribution in [0.25, 0.3) is 16.7 Å². The number of hydrogen-bond donors (Lipinski definition) is 0. The Kier molecular flexibility index (Phi) is 3.66. The number of hydrogen-bond acceptors (Lipinski definition) is 7. The van der Waals surface area contributed by atoms with Crippen molar-refractivity contribution < 1.29 is 13.2 Å². The maximum absolute atomic E-state index is 13.2. The second-order valence-electron chi connectivity index (χ2n) is 6.14. The van der Waals surface area contributed by atoms with E-state index in [1.165, 1.54) is 4.52 Å². The van der Waals surface area contributed by atoms with E-state index >= 15 is 0 Å². The Balaban J connectivity index is 1.98. The molecular weight excluding hydrogens is 349 g/mol. The van der Waals surface area contributed by atoms with Crippen molar-refractivity contribution in [3.8, 4) is 6.07 Å². The molecule has 3 aromatic rings. The summed E-state index contributed by atoms with van der Waals surface area (Å²) in [5, 5.41) is 20.7. The van der Waals surface area contributed by atoms with Crippen molar-refractivity contribution >= 4 is 22.5 Å². The van der Waals surface area contributed by atoms with E-state index in [2.05, 4.69) is 25.4 Å². The fraction of sp³-hybridized carbons (Fsp3) is 0.400. The Bertz CT molecular complexity index is 1030.